The van der Waals surface area contributed by atoms with Crippen LogP contribution in [0.15, 0.2) is 0 Å². The van der Waals surface area contributed by atoms with Gasteiger partial charge in [0.05, 0.1) is 0 Å². The summed E-state index contributed by atoms with van der Waals surface area (Å²) in [5, 5.41) is 0. The Labute approximate surface area is 84.3 Å². The van der Waals surface area contributed by atoms with E-state index >= 15 is 0 Å². The molecule has 1 saturated carbocycles. The van der Waals surface area contributed by atoms with Gasteiger partial charge in [-0.1, -0.05) is 20.8 Å². The molecule has 1 rings (SSSR count). The van der Waals surface area contributed by atoms with Crippen molar-refractivity contribution in [1.29, 1.82) is 0 Å². The first kappa shape index (κ1) is 11.1. The average molecular weight is 202 g/mol. The van der Waals surface area contributed by atoms with Crippen LogP contribution in [0.2, 0.25) is 0 Å². The number of carbonyl (C=O) groups is 1. The number of hydrogen-bond donors (Lipinski definition) is 1. The van der Waals surface area contributed by atoms with Crippen molar-refractivity contribution in [2.75, 3.05) is 5.75 Å². The minimum atomic E-state index is -0.314. The van der Waals surface area contributed by atoms with Crippen molar-refractivity contribution in [2.24, 2.45) is 16.7 Å². The van der Waals surface area contributed by atoms with Gasteiger partial charge in [-0.15, -0.1) is 0 Å². The molecule has 76 valence electrons. The zero-order valence-electron chi connectivity index (χ0n) is 8.54. The SMILES string of the molecule is CC1CCC(C=O)(CSO)C1(C)C. The topological polar surface area (TPSA) is 37.3 Å². The maximum absolute atomic E-state index is 11.2. The van der Waals surface area contributed by atoms with Gasteiger partial charge in [0.1, 0.15) is 6.29 Å². The number of carbonyl (C=O) groups excluding carboxylic acids is 1. The quantitative estimate of drug-likeness (QED) is 0.565. The zero-order valence-corrected chi connectivity index (χ0v) is 9.36. The highest BCUT2D eigenvalue weighted by molar-refractivity contribution is 7.93. The molecule has 1 aliphatic carbocycles. The van der Waals surface area contributed by atoms with Crippen LogP contribution in [0.4, 0.5) is 0 Å². The second-order valence-corrected chi connectivity index (χ2v) is 5.26. The van der Waals surface area contributed by atoms with Crippen molar-refractivity contribution in [3.63, 3.8) is 0 Å². The molecule has 0 aromatic rings. The van der Waals surface area contributed by atoms with E-state index < -0.39 is 0 Å². The van der Waals surface area contributed by atoms with Crippen molar-refractivity contribution in [3.8, 4) is 0 Å². The summed E-state index contributed by atoms with van der Waals surface area (Å²) in [6.07, 6.45) is 3.06. The summed E-state index contributed by atoms with van der Waals surface area (Å²) in [6.45, 7) is 6.46. The summed E-state index contributed by atoms with van der Waals surface area (Å²) in [7, 11) is 0. The van der Waals surface area contributed by atoms with Crippen LogP contribution in [0.25, 0.3) is 0 Å². The first-order valence-corrected chi connectivity index (χ1v) is 5.67. The van der Waals surface area contributed by atoms with Crippen LogP contribution < -0.4 is 0 Å². The van der Waals surface area contributed by atoms with Crippen molar-refractivity contribution in [2.45, 2.75) is 33.6 Å². The molecule has 0 heterocycles. The first-order chi connectivity index (χ1) is 6.00. The van der Waals surface area contributed by atoms with E-state index in [1.54, 1.807) is 0 Å². The van der Waals surface area contributed by atoms with E-state index in [9.17, 15) is 4.79 Å². The second kappa shape index (κ2) is 3.62. The van der Waals surface area contributed by atoms with E-state index in [0.717, 1.165) is 31.2 Å². The summed E-state index contributed by atoms with van der Waals surface area (Å²) < 4.78 is 8.90. The lowest BCUT2D eigenvalue weighted by Crippen LogP contribution is -2.39. The zero-order chi connectivity index (χ0) is 10.1. The normalized spacial score (nSPS) is 37.7. The first-order valence-electron chi connectivity index (χ1n) is 4.73. The van der Waals surface area contributed by atoms with E-state index in [-0.39, 0.29) is 10.8 Å². The largest absolute Gasteiger partial charge is 0.330 e. The molecule has 0 bridgehead atoms. The van der Waals surface area contributed by atoms with Gasteiger partial charge < -0.3 is 9.35 Å². The highest BCUT2D eigenvalue weighted by Gasteiger charge is 2.52. The van der Waals surface area contributed by atoms with Gasteiger partial charge in [0.15, 0.2) is 0 Å². The molecule has 1 aliphatic rings. The molecule has 2 nitrogen and oxygen atoms in total. The Balaban J connectivity index is 2.93. The number of hydrogen-bond acceptors (Lipinski definition) is 3. The molecular formula is C10H18O2S. The van der Waals surface area contributed by atoms with E-state index in [4.69, 9.17) is 4.55 Å². The van der Waals surface area contributed by atoms with Gasteiger partial charge in [0, 0.05) is 11.2 Å². The van der Waals surface area contributed by atoms with Gasteiger partial charge in [-0.25, -0.2) is 0 Å². The smallest absolute Gasteiger partial charge is 0.127 e. The van der Waals surface area contributed by atoms with Crippen molar-refractivity contribution in [1.82, 2.24) is 0 Å². The molecule has 3 heteroatoms. The van der Waals surface area contributed by atoms with Crippen molar-refractivity contribution in [3.05, 3.63) is 0 Å². The van der Waals surface area contributed by atoms with Crippen LogP contribution in [-0.4, -0.2) is 16.6 Å². The second-order valence-electron chi connectivity index (χ2n) is 4.71. The Hall–Kier alpha value is -0.0200. The van der Waals surface area contributed by atoms with Crippen LogP contribution in [0.5, 0.6) is 0 Å². The molecule has 0 saturated heterocycles. The molecule has 13 heavy (non-hydrogen) atoms. The van der Waals surface area contributed by atoms with Gasteiger partial charge in [0.25, 0.3) is 0 Å². The number of aldehydes is 1. The molecule has 0 amide bonds. The van der Waals surface area contributed by atoms with Gasteiger partial charge in [-0.3, -0.25) is 0 Å². The van der Waals surface area contributed by atoms with E-state index in [0.29, 0.717) is 11.7 Å². The fourth-order valence-electron chi connectivity index (χ4n) is 2.27. The molecule has 0 spiro atoms. The third-order valence-electron chi connectivity index (χ3n) is 4.09. The Morgan fingerprint density at radius 3 is 2.54 bits per heavy atom. The summed E-state index contributed by atoms with van der Waals surface area (Å²) in [6, 6.07) is 0. The number of rotatable bonds is 3. The third kappa shape index (κ3) is 1.52. The lowest BCUT2D eigenvalue weighted by atomic mass is 9.67. The van der Waals surface area contributed by atoms with Gasteiger partial charge in [-0.2, -0.15) is 0 Å². The van der Waals surface area contributed by atoms with E-state index in [2.05, 4.69) is 20.8 Å². The molecule has 2 unspecified atom stereocenters. The summed E-state index contributed by atoms with van der Waals surface area (Å²) >= 11 is 0.795. The molecule has 1 fully saturated rings. The maximum Gasteiger partial charge on any atom is 0.127 e. The molecule has 2 atom stereocenters. The lowest BCUT2D eigenvalue weighted by Gasteiger charge is -2.38. The molecule has 0 aromatic heterocycles. The fraction of sp³-hybridized carbons (Fsp3) is 0.900. The lowest BCUT2D eigenvalue weighted by molar-refractivity contribution is -0.120. The van der Waals surface area contributed by atoms with Gasteiger partial charge in [0.2, 0.25) is 0 Å². The minimum Gasteiger partial charge on any atom is -0.330 e. The van der Waals surface area contributed by atoms with Crippen LogP contribution in [-0.2, 0) is 4.79 Å². The standard InChI is InChI=1S/C10H18O2S/c1-8-4-5-10(6-11,7-13-12)9(8,2)3/h6,8,12H,4-5,7H2,1-3H3. The third-order valence-corrected chi connectivity index (χ3v) is 4.73. The average Bonchev–Trinajstić information content (AvgIpc) is 2.30. The van der Waals surface area contributed by atoms with Crippen molar-refractivity contribution >= 4 is 18.3 Å². The van der Waals surface area contributed by atoms with Crippen LogP contribution in [0.1, 0.15) is 33.6 Å². The summed E-state index contributed by atoms with van der Waals surface area (Å²) in [5.41, 5.74) is -0.295. The molecule has 0 aliphatic heterocycles. The highest BCUT2D eigenvalue weighted by atomic mass is 32.2. The highest BCUT2D eigenvalue weighted by Crippen LogP contribution is 2.55. The predicted octanol–water partition coefficient (Wildman–Crippen LogP) is 2.83. The Bertz CT molecular complexity index is 199. The Kier molecular flexibility index (Phi) is 3.08. The van der Waals surface area contributed by atoms with Gasteiger partial charge >= 0.3 is 0 Å². The van der Waals surface area contributed by atoms with Gasteiger partial charge in [-0.05, 0) is 36.2 Å². The molecular weight excluding hydrogens is 184 g/mol. The molecule has 1 N–H and O–H groups in total. The predicted molar refractivity (Wildman–Crippen MR) is 55.8 cm³/mol. The van der Waals surface area contributed by atoms with Crippen LogP contribution >= 0.6 is 12.0 Å². The van der Waals surface area contributed by atoms with E-state index in [1.807, 2.05) is 0 Å². The van der Waals surface area contributed by atoms with Crippen LogP contribution in [0, 0.1) is 16.7 Å². The van der Waals surface area contributed by atoms with Crippen LogP contribution in [0.3, 0.4) is 0 Å². The minimum absolute atomic E-state index is 0.0183. The van der Waals surface area contributed by atoms with Crippen molar-refractivity contribution < 1.29 is 9.35 Å². The van der Waals surface area contributed by atoms with E-state index in [1.165, 1.54) is 0 Å². The summed E-state index contributed by atoms with van der Waals surface area (Å²) in [5.74, 6) is 1.10. The maximum atomic E-state index is 11.2. The Morgan fingerprint density at radius 1 is 1.62 bits per heavy atom. The summed E-state index contributed by atoms with van der Waals surface area (Å²) in [4.78, 5) is 11.2. The molecule has 0 aromatic carbocycles. The molecule has 0 radical (unpaired) electrons. The Morgan fingerprint density at radius 2 is 2.23 bits per heavy atom. The monoisotopic (exact) mass is 202 g/mol. The fourth-order valence-corrected chi connectivity index (χ4v) is 3.08.